The van der Waals surface area contributed by atoms with E-state index in [0.29, 0.717) is 0 Å². The number of nitrogens with zero attached hydrogens (tertiary/aromatic N) is 2. The van der Waals surface area contributed by atoms with Crippen LogP contribution in [-0.2, 0) is 0 Å². The number of carbonyl (C=O) groups excluding carboxylic acids is 1. The van der Waals surface area contributed by atoms with Crippen LogP contribution >= 0.6 is 11.6 Å². The van der Waals surface area contributed by atoms with Gasteiger partial charge in [-0.2, -0.15) is 0 Å². The van der Waals surface area contributed by atoms with Gasteiger partial charge in [-0.05, 0) is 19.8 Å². The molecule has 1 N–H and O–H groups in total. The van der Waals surface area contributed by atoms with Crippen molar-refractivity contribution in [3.8, 4) is 0 Å². The van der Waals surface area contributed by atoms with Gasteiger partial charge in [0.1, 0.15) is 10.8 Å². The van der Waals surface area contributed by atoms with E-state index in [1.165, 1.54) is 12.4 Å². The van der Waals surface area contributed by atoms with E-state index in [4.69, 9.17) is 11.6 Å². The van der Waals surface area contributed by atoms with Gasteiger partial charge < -0.3 is 5.32 Å². The fourth-order valence-corrected chi connectivity index (χ4v) is 2.22. The third-order valence-corrected chi connectivity index (χ3v) is 3.14. The van der Waals surface area contributed by atoms with Gasteiger partial charge in [-0.15, -0.1) is 0 Å². The first-order chi connectivity index (χ1) is 7.59. The molecule has 0 atom stereocenters. The molecule has 0 spiro atoms. The predicted molar refractivity (Wildman–Crippen MR) is 61.4 cm³/mol. The first-order valence-electron chi connectivity index (χ1n) is 5.39. The molecule has 0 radical (unpaired) electrons. The molecule has 1 amide bonds. The maximum absolute atomic E-state index is 11.9. The standard InChI is InChI=1S/C11H14ClN3O/c1-11(4-2-3-5-11)15-10(16)8-6-13-7-9(12)14-8/h6-7H,2-5H2,1H3,(H,15,16). The zero-order chi connectivity index (χ0) is 11.6. The molecule has 16 heavy (non-hydrogen) atoms. The fraction of sp³-hybridized carbons (Fsp3) is 0.545. The van der Waals surface area contributed by atoms with Crippen LogP contribution in [0.1, 0.15) is 43.1 Å². The quantitative estimate of drug-likeness (QED) is 0.861. The molecule has 1 aliphatic rings. The molecule has 0 unspecified atom stereocenters. The summed E-state index contributed by atoms with van der Waals surface area (Å²) in [6, 6.07) is 0. The van der Waals surface area contributed by atoms with Crippen molar-refractivity contribution in [2.75, 3.05) is 0 Å². The van der Waals surface area contributed by atoms with Gasteiger partial charge in [0, 0.05) is 5.54 Å². The van der Waals surface area contributed by atoms with Crippen LogP contribution in [0.4, 0.5) is 0 Å². The Morgan fingerprint density at radius 3 is 2.75 bits per heavy atom. The lowest BCUT2D eigenvalue weighted by Crippen LogP contribution is -2.43. The first kappa shape index (κ1) is 11.3. The van der Waals surface area contributed by atoms with E-state index in [2.05, 4.69) is 22.2 Å². The Morgan fingerprint density at radius 2 is 2.12 bits per heavy atom. The number of rotatable bonds is 2. The molecule has 0 bridgehead atoms. The average molecular weight is 240 g/mol. The van der Waals surface area contributed by atoms with Crippen LogP contribution in [-0.4, -0.2) is 21.4 Å². The smallest absolute Gasteiger partial charge is 0.271 e. The largest absolute Gasteiger partial charge is 0.345 e. The molecule has 1 fully saturated rings. The Hall–Kier alpha value is -1.16. The van der Waals surface area contributed by atoms with Crippen molar-refractivity contribution < 1.29 is 4.79 Å². The van der Waals surface area contributed by atoms with E-state index in [-0.39, 0.29) is 22.3 Å². The fourth-order valence-electron chi connectivity index (χ4n) is 2.07. The monoisotopic (exact) mass is 239 g/mol. The molecule has 0 aromatic carbocycles. The number of nitrogens with one attached hydrogen (secondary N) is 1. The number of carbonyl (C=O) groups is 1. The van der Waals surface area contributed by atoms with Crippen LogP contribution in [0.5, 0.6) is 0 Å². The number of halogens is 1. The highest BCUT2D eigenvalue weighted by atomic mass is 35.5. The third-order valence-electron chi connectivity index (χ3n) is 2.96. The average Bonchev–Trinajstić information content (AvgIpc) is 2.65. The highest BCUT2D eigenvalue weighted by Crippen LogP contribution is 2.29. The summed E-state index contributed by atoms with van der Waals surface area (Å²) < 4.78 is 0. The van der Waals surface area contributed by atoms with E-state index in [0.717, 1.165) is 25.7 Å². The van der Waals surface area contributed by atoms with Gasteiger partial charge in [-0.1, -0.05) is 24.4 Å². The van der Waals surface area contributed by atoms with Crippen molar-refractivity contribution in [3.63, 3.8) is 0 Å². The molecular weight excluding hydrogens is 226 g/mol. The van der Waals surface area contributed by atoms with Crippen molar-refractivity contribution in [2.45, 2.75) is 38.1 Å². The van der Waals surface area contributed by atoms with E-state index in [1.807, 2.05) is 0 Å². The summed E-state index contributed by atoms with van der Waals surface area (Å²) in [5.74, 6) is -0.195. The molecule has 1 aliphatic carbocycles. The zero-order valence-electron chi connectivity index (χ0n) is 9.16. The van der Waals surface area contributed by atoms with Gasteiger partial charge in [0.25, 0.3) is 5.91 Å². The summed E-state index contributed by atoms with van der Waals surface area (Å²) in [6.45, 7) is 2.07. The molecule has 1 saturated carbocycles. The number of aromatic nitrogens is 2. The van der Waals surface area contributed by atoms with E-state index in [9.17, 15) is 4.79 Å². The van der Waals surface area contributed by atoms with Crippen molar-refractivity contribution >= 4 is 17.5 Å². The Kier molecular flexibility index (Phi) is 3.10. The lowest BCUT2D eigenvalue weighted by molar-refractivity contribution is 0.0902. The Bertz CT molecular complexity index is 402. The van der Waals surface area contributed by atoms with Crippen molar-refractivity contribution in [2.24, 2.45) is 0 Å². The van der Waals surface area contributed by atoms with Crippen LogP contribution < -0.4 is 5.32 Å². The van der Waals surface area contributed by atoms with Crippen molar-refractivity contribution in [3.05, 3.63) is 23.2 Å². The van der Waals surface area contributed by atoms with Crippen LogP contribution in [0, 0.1) is 0 Å². The minimum absolute atomic E-state index is 0.0961. The van der Waals surface area contributed by atoms with Crippen LogP contribution in [0.2, 0.25) is 5.15 Å². The van der Waals surface area contributed by atoms with E-state index in [1.54, 1.807) is 0 Å². The van der Waals surface area contributed by atoms with Gasteiger partial charge >= 0.3 is 0 Å². The third kappa shape index (κ3) is 2.50. The first-order valence-corrected chi connectivity index (χ1v) is 5.77. The summed E-state index contributed by atoms with van der Waals surface area (Å²) in [6.07, 6.45) is 7.21. The normalized spacial score (nSPS) is 18.4. The number of hydrogen-bond acceptors (Lipinski definition) is 3. The van der Waals surface area contributed by atoms with Crippen LogP contribution in [0.15, 0.2) is 12.4 Å². The maximum atomic E-state index is 11.9. The van der Waals surface area contributed by atoms with E-state index >= 15 is 0 Å². The Morgan fingerprint density at radius 1 is 1.44 bits per heavy atom. The van der Waals surface area contributed by atoms with Gasteiger partial charge in [0.05, 0.1) is 12.4 Å². The summed E-state index contributed by atoms with van der Waals surface area (Å²) in [5, 5.41) is 3.24. The van der Waals surface area contributed by atoms with Gasteiger partial charge in [-0.3, -0.25) is 9.78 Å². The Labute approximate surface area is 99.4 Å². The highest BCUT2D eigenvalue weighted by molar-refractivity contribution is 6.29. The van der Waals surface area contributed by atoms with Crippen molar-refractivity contribution in [1.82, 2.24) is 15.3 Å². The highest BCUT2D eigenvalue weighted by Gasteiger charge is 2.30. The molecule has 1 heterocycles. The molecule has 1 aromatic rings. The molecular formula is C11H14ClN3O. The minimum atomic E-state index is -0.195. The number of amides is 1. The second kappa shape index (κ2) is 4.37. The van der Waals surface area contributed by atoms with E-state index < -0.39 is 0 Å². The van der Waals surface area contributed by atoms with Crippen molar-refractivity contribution in [1.29, 1.82) is 0 Å². The second-order valence-corrected chi connectivity index (χ2v) is 4.84. The second-order valence-electron chi connectivity index (χ2n) is 4.45. The minimum Gasteiger partial charge on any atom is -0.345 e. The molecule has 4 nitrogen and oxygen atoms in total. The molecule has 0 aliphatic heterocycles. The molecule has 1 aromatic heterocycles. The van der Waals surface area contributed by atoms with Gasteiger partial charge in [0.15, 0.2) is 0 Å². The zero-order valence-corrected chi connectivity index (χ0v) is 9.92. The maximum Gasteiger partial charge on any atom is 0.271 e. The van der Waals surface area contributed by atoms with Crippen LogP contribution in [0.3, 0.4) is 0 Å². The topological polar surface area (TPSA) is 54.9 Å². The molecule has 86 valence electrons. The predicted octanol–water partition coefficient (Wildman–Crippen LogP) is 2.19. The summed E-state index contributed by atoms with van der Waals surface area (Å²) >= 11 is 5.69. The lowest BCUT2D eigenvalue weighted by atomic mass is 10.0. The summed E-state index contributed by atoms with van der Waals surface area (Å²) in [5.41, 5.74) is 0.182. The SMILES string of the molecule is CC1(NC(=O)c2cncc(Cl)n2)CCCC1. The summed E-state index contributed by atoms with van der Waals surface area (Å²) in [4.78, 5) is 19.7. The Balaban J connectivity index is 2.08. The van der Waals surface area contributed by atoms with Gasteiger partial charge in [0.2, 0.25) is 0 Å². The van der Waals surface area contributed by atoms with Gasteiger partial charge in [-0.25, -0.2) is 4.98 Å². The number of hydrogen-bond donors (Lipinski definition) is 1. The molecule has 0 saturated heterocycles. The molecule has 2 rings (SSSR count). The summed E-state index contributed by atoms with van der Waals surface area (Å²) in [7, 11) is 0. The van der Waals surface area contributed by atoms with Crippen LogP contribution in [0.25, 0.3) is 0 Å². The lowest BCUT2D eigenvalue weighted by Gasteiger charge is -2.24. The molecule has 5 heteroatoms.